The molecule has 0 saturated carbocycles. The Labute approximate surface area is 175 Å². The molecule has 0 spiro atoms. The van der Waals surface area contributed by atoms with Gasteiger partial charge in [-0.25, -0.2) is 13.2 Å². The second-order valence-electron chi connectivity index (χ2n) is 6.98. The number of halogens is 6. The molecule has 2 aromatic carbocycles. The van der Waals surface area contributed by atoms with E-state index < -0.39 is 36.3 Å². The summed E-state index contributed by atoms with van der Waals surface area (Å²) >= 11 is 0. The normalized spacial score (nSPS) is 12.5. The number of carbonyl (C=O) groups is 1. The molecule has 170 valence electrons. The minimum absolute atomic E-state index is 0.0237. The molecule has 1 atom stereocenters. The largest absolute Gasteiger partial charge is 0.416 e. The molecule has 0 fully saturated rings. The highest BCUT2D eigenvalue weighted by atomic mass is 19.4. The van der Waals surface area contributed by atoms with Crippen LogP contribution >= 0.6 is 0 Å². The lowest BCUT2D eigenvalue weighted by molar-refractivity contribution is -0.137. The Bertz CT molecular complexity index is 871. The van der Waals surface area contributed by atoms with Crippen LogP contribution in [0, 0.1) is 5.82 Å². The molecule has 0 aliphatic carbocycles. The molecule has 4 nitrogen and oxygen atoms in total. The van der Waals surface area contributed by atoms with Crippen molar-refractivity contribution in [3.63, 3.8) is 0 Å². The van der Waals surface area contributed by atoms with Gasteiger partial charge in [0.05, 0.1) is 22.6 Å². The monoisotopic (exact) mass is 447 g/mol. The van der Waals surface area contributed by atoms with Crippen molar-refractivity contribution in [3.05, 3.63) is 53.3 Å². The molecule has 2 aromatic rings. The molecule has 4 N–H and O–H groups in total. The van der Waals surface area contributed by atoms with Gasteiger partial charge in [-0.05, 0) is 49.1 Å². The van der Waals surface area contributed by atoms with Crippen LogP contribution in [0.1, 0.15) is 36.8 Å². The van der Waals surface area contributed by atoms with Gasteiger partial charge in [0.25, 0.3) is 0 Å². The van der Waals surface area contributed by atoms with Crippen LogP contribution in [0.2, 0.25) is 0 Å². The number of benzene rings is 2. The van der Waals surface area contributed by atoms with Gasteiger partial charge in [-0.15, -0.1) is 0 Å². The Morgan fingerprint density at radius 3 is 2.29 bits per heavy atom. The summed E-state index contributed by atoms with van der Waals surface area (Å²) in [7, 11) is 0. The van der Waals surface area contributed by atoms with E-state index in [-0.39, 0.29) is 36.4 Å². The fraction of sp³-hybridized carbons (Fsp3) is 0.381. The molecule has 0 aliphatic heterocycles. The number of nitrogens with one attached hydrogen (secondary N) is 2. The molecular formula is C21H23F6N3O. The lowest BCUT2D eigenvalue weighted by Gasteiger charge is -2.14. The van der Waals surface area contributed by atoms with Gasteiger partial charge < -0.3 is 16.4 Å². The molecule has 31 heavy (non-hydrogen) atoms. The Hall–Kier alpha value is -2.91. The minimum atomic E-state index is -4.43. The van der Waals surface area contributed by atoms with Crippen molar-refractivity contribution in [2.75, 3.05) is 23.0 Å². The Balaban J connectivity index is 1.90. The summed E-state index contributed by atoms with van der Waals surface area (Å²) < 4.78 is 77.1. The fourth-order valence-electron chi connectivity index (χ4n) is 2.79. The van der Waals surface area contributed by atoms with E-state index in [4.69, 9.17) is 5.73 Å². The maximum atomic E-state index is 14.5. The summed E-state index contributed by atoms with van der Waals surface area (Å²) in [6.07, 6.45) is -5.20. The van der Waals surface area contributed by atoms with E-state index in [0.717, 1.165) is 12.1 Å². The number of nitrogen functional groups attached to an aromatic ring is 1. The number of hydrogen-bond donors (Lipinski definition) is 3. The van der Waals surface area contributed by atoms with Gasteiger partial charge in [0.2, 0.25) is 5.91 Å². The highest BCUT2D eigenvalue weighted by Gasteiger charge is 2.29. The van der Waals surface area contributed by atoms with Crippen LogP contribution in [-0.2, 0) is 17.5 Å². The SMILES string of the molecule is Nc1c(NC(=O)CCCC[C@H](F)CF)ccc(NCc2ccc(C(F)(F)F)cc2)c1F. The van der Waals surface area contributed by atoms with Crippen molar-refractivity contribution in [2.45, 2.75) is 44.6 Å². The van der Waals surface area contributed by atoms with E-state index in [1.54, 1.807) is 0 Å². The molecule has 0 unspecified atom stereocenters. The van der Waals surface area contributed by atoms with Crippen LogP contribution < -0.4 is 16.4 Å². The van der Waals surface area contributed by atoms with Gasteiger partial charge in [-0.3, -0.25) is 4.79 Å². The summed E-state index contributed by atoms with van der Waals surface area (Å²) in [6.45, 7) is -0.990. The standard InChI is InChI=1S/C21H23F6N3O/c22-11-15(23)3-1-2-4-18(31)30-17-10-9-16(19(24)20(17)28)29-12-13-5-7-14(8-6-13)21(25,26)27/h5-10,15,29H,1-4,11-12,28H2,(H,30,31)/t15-/m0/s1. The average molecular weight is 447 g/mol. The summed E-state index contributed by atoms with van der Waals surface area (Å²) in [4.78, 5) is 11.9. The number of hydrogen-bond acceptors (Lipinski definition) is 3. The van der Waals surface area contributed by atoms with Crippen molar-refractivity contribution in [1.82, 2.24) is 0 Å². The summed E-state index contributed by atoms with van der Waals surface area (Å²) in [5, 5.41) is 5.22. The number of anilines is 3. The van der Waals surface area contributed by atoms with Crippen LogP contribution in [0.15, 0.2) is 36.4 Å². The number of nitrogens with two attached hydrogens (primary N) is 1. The molecule has 2 rings (SSSR count). The summed E-state index contributed by atoms with van der Waals surface area (Å²) in [6, 6.07) is 7.18. The van der Waals surface area contributed by atoms with Crippen LogP contribution in [0.4, 0.5) is 43.4 Å². The molecule has 0 saturated heterocycles. The number of amides is 1. The van der Waals surface area contributed by atoms with Crippen molar-refractivity contribution in [2.24, 2.45) is 0 Å². The van der Waals surface area contributed by atoms with E-state index in [1.165, 1.54) is 24.3 Å². The van der Waals surface area contributed by atoms with Crippen LogP contribution in [0.25, 0.3) is 0 Å². The van der Waals surface area contributed by atoms with E-state index in [1.807, 2.05) is 0 Å². The number of rotatable bonds is 10. The zero-order valence-corrected chi connectivity index (χ0v) is 16.5. The van der Waals surface area contributed by atoms with Crippen molar-refractivity contribution >= 4 is 23.0 Å². The Kier molecular flexibility index (Phi) is 8.58. The lowest BCUT2D eigenvalue weighted by atomic mass is 10.1. The first kappa shape index (κ1) is 24.4. The van der Waals surface area contributed by atoms with Crippen LogP contribution in [-0.4, -0.2) is 18.8 Å². The third-order valence-corrected chi connectivity index (χ3v) is 4.56. The van der Waals surface area contributed by atoms with Crippen LogP contribution in [0.3, 0.4) is 0 Å². The van der Waals surface area contributed by atoms with Crippen molar-refractivity contribution < 1.29 is 31.1 Å². The second-order valence-corrected chi connectivity index (χ2v) is 6.98. The van der Waals surface area contributed by atoms with E-state index in [2.05, 4.69) is 10.6 Å². The molecule has 0 aliphatic rings. The average Bonchev–Trinajstić information content (AvgIpc) is 2.73. The van der Waals surface area contributed by atoms with Gasteiger partial charge in [0.1, 0.15) is 12.8 Å². The van der Waals surface area contributed by atoms with E-state index >= 15 is 0 Å². The lowest BCUT2D eigenvalue weighted by Crippen LogP contribution is -2.14. The van der Waals surface area contributed by atoms with E-state index in [9.17, 15) is 31.1 Å². The highest BCUT2D eigenvalue weighted by Crippen LogP contribution is 2.30. The topological polar surface area (TPSA) is 67.1 Å². The predicted octanol–water partition coefficient (Wildman–Crippen LogP) is 5.85. The predicted molar refractivity (Wildman–Crippen MR) is 108 cm³/mol. The fourth-order valence-corrected chi connectivity index (χ4v) is 2.79. The molecule has 0 radical (unpaired) electrons. The Morgan fingerprint density at radius 2 is 1.68 bits per heavy atom. The van der Waals surface area contributed by atoms with Crippen molar-refractivity contribution in [1.29, 1.82) is 0 Å². The number of alkyl halides is 5. The smallest absolute Gasteiger partial charge is 0.395 e. The maximum Gasteiger partial charge on any atom is 0.416 e. The maximum absolute atomic E-state index is 14.5. The molecular weight excluding hydrogens is 424 g/mol. The van der Waals surface area contributed by atoms with Crippen LogP contribution in [0.5, 0.6) is 0 Å². The third kappa shape index (κ3) is 7.37. The van der Waals surface area contributed by atoms with Crippen molar-refractivity contribution in [3.8, 4) is 0 Å². The first-order chi connectivity index (χ1) is 14.6. The van der Waals surface area contributed by atoms with Gasteiger partial charge in [0, 0.05) is 13.0 Å². The minimum Gasteiger partial charge on any atom is -0.395 e. The molecule has 10 heteroatoms. The van der Waals surface area contributed by atoms with Gasteiger partial charge >= 0.3 is 6.18 Å². The molecule has 0 aromatic heterocycles. The van der Waals surface area contributed by atoms with Gasteiger partial charge in [-0.2, -0.15) is 13.2 Å². The first-order valence-electron chi connectivity index (χ1n) is 9.59. The molecule has 1 amide bonds. The highest BCUT2D eigenvalue weighted by molar-refractivity contribution is 5.94. The first-order valence-corrected chi connectivity index (χ1v) is 9.59. The van der Waals surface area contributed by atoms with E-state index in [0.29, 0.717) is 18.4 Å². The number of unbranched alkanes of at least 4 members (excludes halogenated alkanes) is 1. The molecule has 0 heterocycles. The zero-order valence-electron chi connectivity index (χ0n) is 16.5. The number of carbonyl (C=O) groups excluding carboxylic acids is 1. The Morgan fingerprint density at radius 1 is 1.03 bits per heavy atom. The van der Waals surface area contributed by atoms with Gasteiger partial charge in [-0.1, -0.05) is 12.1 Å². The summed E-state index contributed by atoms with van der Waals surface area (Å²) in [5.41, 5.74) is 5.25. The zero-order chi connectivity index (χ0) is 23.0. The second kappa shape index (κ2) is 10.9. The summed E-state index contributed by atoms with van der Waals surface area (Å²) in [5.74, 6) is -1.25. The van der Waals surface area contributed by atoms with Gasteiger partial charge in [0.15, 0.2) is 5.82 Å². The quantitative estimate of drug-likeness (QED) is 0.243. The molecule has 0 bridgehead atoms. The third-order valence-electron chi connectivity index (χ3n) is 4.56.